The van der Waals surface area contributed by atoms with Gasteiger partial charge in [-0.15, -0.1) is 0 Å². The SMILES string of the molecule is COC(CN(Cc1ccccc1)S(=O)(=O)c1ccc(C)cc1)OC. The Bertz CT molecular complexity index is 725. The van der Waals surface area contributed by atoms with Crippen molar-refractivity contribution in [2.75, 3.05) is 20.8 Å². The van der Waals surface area contributed by atoms with E-state index in [4.69, 9.17) is 9.47 Å². The van der Waals surface area contributed by atoms with Crippen LogP contribution in [0.3, 0.4) is 0 Å². The molecule has 0 bridgehead atoms. The maximum Gasteiger partial charge on any atom is 0.243 e. The van der Waals surface area contributed by atoms with Gasteiger partial charge in [0.05, 0.1) is 11.4 Å². The highest BCUT2D eigenvalue weighted by molar-refractivity contribution is 7.89. The van der Waals surface area contributed by atoms with Gasteiger partial charge in [0.2, 0.25) is 10.0 Å². The van der Waals surface area contributed by atoms with E-state index in [1.165, 1.54) is 18.5 Å². The number of hydrogen-bond donors (Lipinski definition) is 0. The number of nitrogens with zero attached hydrogens (tertiary/aromatic N) is 1. The van der Waals surface area contributed by atoms with E-state index in [1.54, 1.807) is 24.3 Å². The first-order valence-corrected chi connectivity index (χ1v) is 9.07. The maximum absolute atomic E-state index is 13.0. The number of hydrogen-bond acceptors (Lipinski definition) is 4. The number of methoxy groups -OCH3 is 2. The van der Waals surface area contributed by atoms with E-state index in [1.807, 2.05) is 37.3 Å². The maximum atomic E-state index is 13.0. The Hall–Kier alpha value is -1.73. The van der Waals surface area contributed by atoms with Crippen molar-refractivity contribution in [1.29, 1.82) is 0 Å². The monoisotopic (exact) mass is 349 g/mol. The molecule has 0 amide bonds. The van der Waals surface area contributed by atoms with E-state index in [9.17, 15) is 8.42 Å². The lowest BCUT2D eigenvalue weighted by atomic mass is 10.2. The van der Waals surface area contributed by atoms with E-state index in [-0.39, 0.29) is 18.0 Å². The number of rotatable bonds is 8. The fourth-order valence-electron chi connectivity index (χ4n) is 2.31. The molecule has 2 aromatic carbocycles. The minimum absolute atomic E-state index is 0.109. The van der Waals surface area contributed by atoms with Crippen molar-refractivity contribution in [3.63, 3.8) is 0 Å². The van der Waals surface area contributed by atoms with Crippen molar-refractivity contribution in [1.82, 2.24) is 4.31 Å². The topological polar surface area (TPSA) is 55.8 Å². The molecule has 0 N–H and O–H groups in total. The molecule has 6 heteroatoms. The smallest absolute Gasteiger partial charge is 0.243 e. The Balaban J connectivity index is 2.34. The van der Waals surface area contributed by atoms with Crippen LogP contribution in [-0.4, -0.2) is 39.8 Å². The van der Waals surface area contributed by atoms with Crippen LogP contribution in [0.4, 0.5) is 0 Å². The summed E-state index contributed by atoms with van der Waals surface area (Å²) in [4.78, 5) is 0.259. The number of benzene rings is 2. The highest BCUT2D eigenvalue weighted by Crippen LogP contribution is 2.20. The molecule has 0 aliphatic carbocycles. The molecule has 0 aromatic heterocycles. The Morgan fingerprint density at radius 3 is 2.08 bits per heavy atom. The van der Waals surface area contributed by atoms with Crippen molar-refractivity contribution in [3.8, 4) is 0 Å². The third-order valence-electron chi connectivity index (χ3n) is 3.74. The number of ether oxygens (including phenoxy) is 2. The van der Waals surface area contributed by atoms with Crippen molar-refractivity contribution in [3.05, 3.63) is 65.7 Å². The van der Waals surface area contributed by atoms with Crippen LogP contribution in [0.5, 0.6) is 0 Å². The van der Waals surface area contributed by atoms with Gasteiger partial charge in [-0.2, -0.15) is 4.31 Å². The summed E-state index contributed by atoms with van der Waals surface area (Å²) in [6.07, 6.45) is -0.631. The predicted octanol–water partition coefficient (Wildman–Crippen LogP) is 2.80. The molecule has 0 saturated heterocycles. The summed E-state index contributed by atoms with van der Waals surface area (Å²) >= 11 is 0. The Kier molecular flexibility index (Phi) is 6.51. The molecule has 2 rings (SSSR count). The van der Waals surface area contributed by atoms with Crippen LogP contribution in [0, 0.1) is 6.92 Å². The summed E-state index contributed by atoms with van der Waals surface area (Å²) in [5.74, 6) is 0. The van der Waals surface area contributed by atoms with E-state index in [0.717, 1.165) is 11.1 Å². The first kappa shape index (κ1) is 18.6. The van der Waals surface area contributed by atoms with Crippen molar-refractivity contribution < 1.29 is 17.9 Å². The van der Waals surface area contributed by atoms with Crippen LogP contribution in [0.1, 0.15) is 11.1 Å². The lowest BCUT2D eigenvalue weighted by Crippen LogP contribution is -2.38. The van der Waals surface area contributed by atoms with E-state index in [0.29, 0.717) is 0 Å². The summed E-state index contributed by atoms with van der Waals surface area (Å²) in [5, 5.41) is 0. The van der Waals surface area contributed by atoms with Crippen LogP contribution in [0.25, 0.3) is 0 Å². The highest BCUT2D eigenvalue weighted by Gasteiger charge is 2.27. The second kappa shape index (κ2) is 8.39. The molecule has 0 saturated carbocycles. The molecular weight excluding hydrogens is 326 g/mol. The Morgan fingerprint density at radius 1 is 0.958 bits per heavy atom. The molecule has 5 nitrogen and oxygen atoms in total. The van der Waals surface area contributed by atoms with Gasteiger partial charge in [-0.1, -0.05) is 48.0 Å². The minimum Gasteiger partial charge on any atom is -0.354 e. The summed E-state index contributed by atoms with van der Waals surface area (Å²) in [7, 11) is -0.671. The fraction of sp³-hybridized carbons (Fsp3) is 0.333. The predicted molar refractivity (Wildman–Crippen MR) is 93.0 cm³/mol. The van der Waals surface area contributed by atoms with Crippen LogP contribution in [-0.2, 0) is 26.0 Å². The zero-order valence-electron chi connectivity index (χ0n) is 14.2. The molecule has 24 heavy (non-hydrogen) atoms. The first-order valence-electron chi connectivity index (χ1n) is 7.63. The van der Waals surface area contributed by atoms with Crippen LogP contribution < -0.4 is 0 Å². The van der Waals surface area contributed by atoms with Crippen molar-refractivity contribution >= 4 is 10.0 Å². The van der Waals surface area contributed by atoms with Gasteiger partial charge in [0, 0.05) is 20.8 Å². The van der Waals surface area contributed by atoms with E-state index < -0.39 is 16.3 Å². The van der Waals surface area contributed by atoms with Gasteiger partial charge >= 0.3 is 0 Å². The van der Waals surface area contributed by atoms with Gasteiger partial charge in [0.15, 0.2) is 6.29 Å². The molecule has 0 heterocycles. The van der Waals surface area contributed by atoms with Gasteiger partial charge in [-0.05, 0) is 24.6 Å². The molecule has 0 fully saturated rings. The molecule has 130 valence electrons. The number of aryl methyl sites for hydroxylation is 1. The lowest BCUT2D eigenvalue weighted by Gasteiger charge is -2.26. The standard InChI is InChI=1S/C18H23NO4S/c1-15-9-11-17(12-10-15)24(20,21)19(14-18(22-2)23-3)13-16-7-5-4-6-8-16/h4-12,18H,13-14H2,1-3H3. The second-order valence-electron chi connectivity index (χ2n) is 5.50. The largest absolute Gasteiger partial charge is 0.354 e. The van der Waals surface area contributed by atoms with Crippen LogP contribution >= 0.6 is 0 Å². The minimum atomic E-state index is -3.66. The molecule has 0 unspecified atom stereocenters. The van der Waals surface area contributed by atoms with Gasteiger partial charge in [0.1, 0.15) is 0 Å². The van der Waals surface area contributed by atoms with Gasteiger partial charge < -0.3 is 9.47 Å². The van der Waals surface area contributed by atoms with Gasteiger partial charge in [-0.3, -0.25) is 0 Å². The molecule has 0 radical (unpaired) electrons. The summed E-state index contributed by atoms with van der Waals surface area (Å²) in [5.41, 5.74) is 1.91. The normalized spacial score (nSPS) is 12.0. The zero-order valence-corrected chi connectivity index (χ0v) is 15.0. The first-order chi connectivity index (χ1) is 11.5. The Labute approximate surface area is 143 Å². The quantitative estimate of drug-likeness (QED) is 0.688. The van der Waals surface area contributed by atoms with E-state index >= 15 is 0 Å². The molecule has 0 aliphatic heterocycles. The molecule has 0 spiro atoms. The van der Waals surface area contributed by atoms with Gasteiger partial charge in [0.25, 0.3) is 0 Å². The highest BCUT2D eigenvalue weighted by atomic mass is 32.2. The molecule has 0 aliphatic rings. The van der Waals surface area contributed by atoms with Crippen molar-refractivity contribution in [2.24, 2.45) is 0 Å². The van der Waals surface area contributed by atoms with Crippen LogP contribution in [0.2, 0.25) is 0 Å². The van der Waals surface area contributed by atoms with Crippen LogP contribution in [0.15, 0.2) is 59.5 Å². The Morgan fingerprint density at radius 2 is 1.54 bits per heavy atom. The summed E-state index contributed by atoms with van der Waals surface area (Å²) in [6.45, 7) is 2.28. The number of sulfonamides is 1. The summed E-state index contributed by atoms with van der Waals surface area (Å²) in [6, 6.07) is 16.3. The van der Waals surface area contributed by atoms with E-state index in [2.05, 4.69) is 0 Å². The molecular formula is C18H23NO4S. The average molecular weight is 349 g/mol. The fourth-order valence-corrected chi connectivity index (χ4v) is 3.72. The lowest BCUT2D eigenvalue weighted by molar-refractivity contribution is -0.108. The van der Waals surface area contributed by atoms with Crippen molar-refractivity contribution in [2.45, 2.75) is 24.7 Å². The zero-order chi connectivity index (χ0) is 17.6. The molecule has 0 atom stereocenters. The third-order valence-corrected chi connectivity index (χ3v) is 5.56. The van der Waals surface area contributed by atoms with Gasteiger partial charge in [-0.25, -0.2) is 8.42 Å². The summed E-state index contributed by atoms with van der Waals surface area (Å²) < 4.78 is 37.8. The average Bonchev–Trinajstić information content (AvgIpc) is 2.59. The second-order valence-corrected chi connectivity index (χ2v) is 7.44. The third kappa shape index (κ3) is 4.64. The molecule has 2 aromatic rings.